The number of carboxylic acid groups (broad SMARTS) is 1. The normalized spacial score (nSPS) is 14.4. The third kappa shape index (κ3) is 3.69. The maximum Gasteiger partial charge on any atom is 0.471 e. The van der Waals surface area contributed by atoms with E-state index in [2.05, 4.69) is 0 Å². The Bertz CT molecular complexity index is 287. The first-order valence-electron chi connectivity index (χ1n) is 4.18. The molecule has 0 spiro atoms. The number of rotatable bonds is 4. The molecule has 0 aromatic carbocycles. The number of carbonyl (C=O) groups excluding carboxylic acids is 1. The van der Waals surface area contributed by atoms with E-state index < -0.39 is 29.7 Å². The summed E-state index contributed by atoms with van der Waals surface area (Å²) in [6, 6.07) is -1.79. The number of ether oxygens (including phenoxy) is 1. The van der Waals surface area contributed by atoms with Gasteiger partial charge in [0.2, 0.25) is 0 Å². The van der Waals surface area contributed by atoms with Crippen LogP contribution >= 0.6 is 0 Å². The Morgan fingerprint density at radius 3 is 2.00 bits per heavy atom. The molecule has 0 fully saturated rings. The number of nitrogens with one attached hydrogen (secondary N) is 1. The summed E-state index contributed by atoms with van der Waals surface area (Å²) in [5.74, 6) is -3.92. The van der Waals surface area contributed by atoms with Crippen molar-refractivity contribution < 1.29 is 32.6 Å². The van der Waals surface area contributed by atoms with Crippen LogP contribution in [0.4, 0.5) is 13.2 Å². The second kappa shape index (κ2) is 4.69. The van der Waals surface area contributed by atoms with Gasteiger partial charge in [-0.05, 0) is 13.8 Å². The van der Waals surface area contributed by atoms with Crippen LogP contribution < -0.4 is 5.32 Å². The Morgan fingerprint density at radius 1 is 1.31 bits per heavy atom. The Hall–Kier alpha value is -1.31. The van der Waals surface area contributed by atoms with Gasteiger partial charge < -0.3 is 15.2 Å². The van der Waals surface area contributed by atoms with Crippen LogP contribution in [0.25, 0.3) is 0 Å². The van der Waals surface area contributed by atoms with Crippen LogP contribution in [0, 0.1) is 0 Å². The molecule has 0 heterocycles. The van der Waals surface area contributed by atoms with Gasteiger partial charge in [0.1, 0.15) is 0 Å². The van der Waals surface area contributed by atoms with Crippen LogP contribution in [0.15, 0.2) is 0 Å². The van der Waals surface area contributed by atoms with Crippen molar-refractivity contribution in [3.63, 3.8) is 0 Å². The topological polar surface area (TPSA) is 75.6 Å². The van der Waals surface area contributed by atoms with Gasteiger partial charge in [-0.3, -0.25) is 4.79 Å². The van der Waals surface area contributed by atoms with Gasteiger partial charge in [-0.2, -0.15) is 13.2 Å². The molecule has 0 aromatic heterocycles. The molecule has 1 amide bonds. The molecule has 0 rings (SSSR count). The van der Waals surface area contributed by atoms with Gasteiger partial charge in [0.15, 0.2) is 6.04 Å². The summed E-state index contributed by atoms with van der Waals surface area (Å²) in [6.07, 6.45) is -5.13. The van der Waals surface area contributed by atoms with Gasteiger partial charge in [0.25, 0.3) is 0 Å². The predicted molar refractivity (Wildman–Crippen MR) is 46.7 cm³/mol. The minimum atomic E-state index is -5.13. The maximum absolute atomic E-state index is 11.9. The lowest BCUT2D eigenvalue weighted by molar-refractivity contribution is -0.178. The highest BCUT2D eigenvalue weighted by molar-refractivity contribution is 5.87. The lowest BCUT2D eigenvalue weighted by Crippen LogP contribution is -2.57. The van der Waals surface area contributed by atoms with E-state index in [-0.39, 0.29) is 0 Å². The maximum atomic E-state index is 11.9. The Labute approximate surface area is 89.6 Å². The molecule has 0 saturated heterocycles. The fourth-order valence-corrected chi connectivity index (χ4v) is 0.864. The second-order valence-corrected chi connectivity index (χ2v) is 3.55. The van der Waals surface area contributed by atoms with Gasteiger partial charge in [-0.1, -0.05) is 0 Å². The first kappa shape index (κ1) is 14.7. The van der Waals surface area contributed by atoms with Gasteiger partial charge in [0.05, 0.1) is 5.60 Å². The molecule has 16 heavy (non-hydrogen) atoms. The lowest BCUT2D eigenvalue weighted by Gasteiger charge is -2.30. The molecule has 1 unspecified atom stereocenters. The number of methoxy groups -OCH3 is 1. The molecule has 0 aliphatic rings. The number of aliphatic carboxylic acids is 1. The zero-order valence-electron chi connectivity index (χ0n) is 8.88. The number of hydrogen-bond donors (Lipinski definition) is 2. The average molecular weight is 243 g/mol. The van der Waals surface area contributed by atoms with Gasteiger partial charge in [-0.25, -0.2) is 4.79 Å². The number of alkyl halides is 3. The number of halogens is 3. The highest BCUT2D eigenvalue weighted by atomic mass is 19.4. The quantitative estimate of drug-likeness (QED) is 0.755. The smallest absolute Gasteiger partial charge is 0.471 e. The Balaban J connectivity index is 4.87. The fourth-order valence-electron chi connectivity index (χ4n) is 0.864. The molecule has 8 heteroatoms. The van der Waals surface area contributed by atoms with Crippen LogP contribution in [0.5, 0.6) is 0 Å². The van der Waals surface area contributed by atoms with E-state index in [1.165, 1.54) is 19.2 Å². The Morgan fingerprint density at radius 2 is 1.75 bits per heavy atom. The highest BCUT2D eigenvalue weighted by Crippen LogP contribution is 2.18. The number of carbonyl (C=O) groups is 2. The summed E-state index contributed by atoms with van der Waals surface area (Å²) in [6.45, 7) is 2.50. The number of amides is 1. The molecule has 1 atom stereocenters. The van der Waals surface area contributed by atoms with E-state index in [1.54, 1.807) is 0 Å². The van der Waals surface area contributed by atoms with Crippen molar-refractivity contribution in [3.05, 3.63) is 0 Å². The van der Waals surface area contributed by atoms with Gasteiger partial charge in [0, 0.05) is 7.11 Å². The zero-order chi connectivity index (χ0) is 13.1. The molecule has 0 bridgehead atoms. The van der Waals surface area contributed by atoms with Crippen LogP contribution in [0.3, 0.4) is 0 Å². The van der Waals surface area contributed by atoms with Crippen molar-refractivity contribution in [2.24, 2.45) is 0 Å². The van der Waals surface area contributed by atoms with Crippen molar-refractivity contribution in [2.45, 2.75) is 31.7 Å². The van der Waals surface area contributed by atoms with E-state index in [1.807, 2.05) is 0 Å². The fraction of sp³-hybridized carbons (Fsp3) is 0.750. The molecular weight excluding hydrogens is 231 g/mol. The van der Waals surface area contributed by atoms with Crippen molar-refractivity contribution in [3.8, 4) is 0 Å². The summed E-state index contributed by atoms with van der Waals surface area (Å²) in [4.78, 5) is 21.3. The number of hydrogen-bond acceptors (Lipinski definition) is 3. The molecule has 5 nitrogen and oxygen atoms in total. The van der Waals surface area contributed by atoms with E-state index in [0.29, 0.717) is 0 Å². The molecule has 0 saturated carbocycles. The van der Waals surface area contributed by atoms with Crippen LogP contribution in [-0.4, -0.2) is 41.9 Å². The molecule has 0 aliphatic carbocycles. The molecule has 0 aliphatic heterocycles. The first-order valence-corrected chi connectivity index (χ1v) is 4.18. The third-order valence-electron chi connectivity index (χ3n) is 2.00. The van der Waals surface area contributed by atoms with Crippen molar-refractivity contribution in [1.82, 2.24) is 5.32 Å². The standard InChI is InChI=1S/C8H12F3NO4/c1-7(2,16-3)4(5(13)14)12-6(15)8(9,10)11/h4H,1-3H3,(H,12,15)(H,13,14). The summed E-state index contributed by atoms with van der Waals surface area (Å²) in [7, 11) is 1.13. The minimum absolute atomic E-state index is 1.13. The van der Waals surface area contributed by atoms with Crippen LogP contribution in [0.2, 0.25) is 0 Å². The van der Waals surface area contributed by atoms with E-state index in [9.17, 15) is 22.8 Å². The second-order valence-electron chi connectivity index (χ2n) is 3.55. The minimum Gasteiger partial charge on any atom is -0.480 e. The molecule has 2 N–H and O–H groups in total. The van der Waals surface area contributed by atoms with E-state index in [4.69, 9.17) is 9.84 Å². The summed E-state index contributed by atoms with van der Waals surface area (Å²) in [5.41, 5.74) is -1.45. The predicted octanol–water partition coefficient (Wildman–Crippen LogP) is 0.543. The zero-order valence-corrected chi connectivity index (χ0v) is 8.88. The summed E-state index contributed by atoms with van der Waals surface area (Å²) in [5, 5.41) is 10.1. The SMILES string of the molecule is COC(C)(C)C(NC(=O)C(F)(F)F)C(=O)O. The molecular formula is C8H12F3NO4. The van der Waals surface area contributed by atoms with E-state index >= 15 is 0 Å². The van der Waals surface area contributed by atoms with Crippen LogP contribution in [-0.2, 0) is 14.3 Å². The van der Waals surface area contributed by atoms with Crippen molar-refractivity contribution in [1.29, 1.82) is 0 Å². The number of carboxylic acids is 1. The molecule has 0 radical (unpaired) electrons. The third-order valence-corrected chi connectivity index (χ3v) is 2.00. The summed E-state index contributed by atoms with van der Waals surface area (Å²) >= 11 is 0. The van der Waals surface area contributed by atoms with Crippen LogP contribution in [0.1, 0.15) is 13.8 Å². The average Bonchev–Trinajstić information content (AvgIpc) is 2.11. The monoisotopic (exact) mass is 243 g/mol. The molecule has 0 aromatic rings. The van der Waals surface area contributed by atoms with Gasteiger partial charge in [-0.15, -0.1) is 0 Å². The Kier molecular flexibility index (Phi) is 4.30. The van der Waals surface area contributed by atoms with Crippen molar-refractivity contribution >= 4 is 11.9 Å². The van der Waals surface area contributed by atoms with Gasteiger partial charge >= 0.3 is 18.1 Å². The lowest BCUT2D eigenvalue weighted by atomic mass is 9.98. The first-order chi connectivity index (χ1) is 7.02. The summed E-state index contributed by atoms with van der Waals surface area (Å²) < 4.78 is 40.5. The highest BCUT2D eigenvalue weighted by Gasteiger charge is 2.45. The van der Waals surface area contributed by atoms with Crippen molar-refractivity contribution in [2.75, 3.05) is 7.11 Å². The van der Waals surface area contributed by atoms with E-state index in [0.717, 1.165) is 7.11 Å². The molecule has 94 valence electrons. The largest absolute Gasteiger partial charge is 0.480 e.